The van der Waals surface area contributed by atoms with Crippen molar-refractivity contribution in [2.45, 2.75) is 24.9 Å². The standard InChI is InChI=1S/C9H14O5S/c10-8(11)7-1-4-14-9(7)2-5-15(12,13)6-3-9/h7H,1-6H2,(H,10,11). The van der Waals surface area contributed by atoms with Crippen LogP contribution in [-0.2, 0) is 19.4 Å². The fourth-order valence-corrected chi connectivity index (χ4v) is 3.99. The normalized spacial score (nSPS) is 32.9. The van der Waals surface area contributed by atoms with Crippen molar-refractivity contribution in [2.75, 3.05) is 18.1 Å². The summed E-state index contributed by atoms with van der Waals surface area (Å²) >= 11 is 0. The molecule has 1 unspecified atom stereocenters. The number of hydrogen-bond donors (Lipinski definition) is 1. The number of ether oxygens (including phenoxy) is 1. The maximum absolute atomic E-state index is 11.3. The molecule has 0 radical (unpaired) electrons. The molecule has 2 rings (SSSR count). The monoisotopic (exact) mass is 234 g/mol. The first-order chi connectivity index (χ1) is 6.95. The Hall–Kier alpha value is -0.620. The van der Waals surface area contributed by atoms with E-state index < -0.39 is 27.3 Å². The van der Waals surface area contributed by atoms with Gasteiger partial charge in [0.05, 0.1) is 23.0 Å². The lowest BCUT2D eigenvalue weighted by molar-refractivity contribution is -0.148. The second-order valence-corrected chi connectivity index (χ2v) is 6.55. The predicted molar refractivity (Wildman–Crippen MR) is 52.3 cm³/mol. The molecule has 1 N–H and O–H groups in total. The highest BCUT2D eigenvalue weighted by Gasteiger charge is 2.50. The van der Waals surface area contributed by atoms with Crippen LogP contribution in [0.25, 0.3) is 0 Å². The van der Waals surface area contributed by atoms with Crippen LogP contribution in [0.1, 0.15) is 19.3 Å². The number of carbonyl (C=O) groups is 1. The van der Waals surface area contributed by atoms with Gasteiger partial charge in [0.25, 0.3) is 0 Å². The van der Waals surface area contributed by atoms with Gasteiger partial charge in [-0.15, -0.1) is 0 Å². The summed E-state index contributed by atoms with van der Waals surface area (Å²) in [4.78, 5) is 11.0. The minimum Gasteiger partial charge on any atom is -0.481 e. The largest absolute Gasteiger partial charge is 0.481 e. The molecular formula is C9H14O5S. The zero-order chi connectivity index (χ0) is 11.1. The third kappa shape index (κ3) is 1.88. The Morgan fingerprint density at radius 3 is 2.47 bits per heavy atom. The summed E-state index contributed by atoms with van der Waals surface area (Å²) in [6.07, 6.45) is 1.15. The van der Waals surface area contributed by atoms with E-state index in [4.69, 9.17) is 9.84 Å². The van der Waals surface area contributed by atoms with Crippen LogP contribution in [0.4, 0.5) is 0 Å². The summed E-state index contributed by atoms with van der Waals surface area (Å²) in [6, 6.07) is 0. The molecule has 2 aliphatic rings. The Kier molecular flexibility index (Phi) is 2.50. The highest BCUT2D eigenvalue weighted by Crippen LogP contribution is 2.41. The molecule has 5 nitrogen and oxygen atoms in total. The third-order valence-electron chi connectivity index (χ3n) is 3.40. The number of hydrogen-bond acceptors (Lipinski definition) is 4. The second-order valence-electron chi connectivity index (χ2n) is 4.24. The van der Waals surface area contributed by atoms with Crippen LogP contribution >= 0.6 is 0 Å². The van der Waals surface area contributed by atoms with E-state index in [0.717, 1.165) is 0 Å². The van der Waals surface area contributed by atoms with Crippen LogP contribution in [0, 0.1) is 5.92 Å². The van der Waals surface area contributed by atoms with Gasteiger partial charge in [-0.2, -0.15) is 0 Å². The summed E-state index contributed by atoms with van der Waals surface area (Å²) in [5.74, 6) is -1.30. The van der Waals surface area contributed by atoms with E-state index in [9.17, 15) is 13.2 Å². The van der Waals surface area contributed by atoms with Crippen molar-refractivity contribution >= 4 is 15.8 Å². The van der Waals surface area contributed by atoms with Gasteiger partial charge < -0.3 is 9.84 Å². The van der Waals surface area contributed by atoms with Gasteiger partial charge in [-0.3, -0.25) is 4.79 Å². The molecule has 6 heteroatoms. The highest BCUT2D eigenvalue weighted by atomic mass is 32.2. The average Bonchev–Trinajstić information content (AvgIpc) is 2.55. The van der Waals surface area contributed by atoms with E-state index in [1.807, 2.05) is 0 Å². The Morgan fingerprint density at radius 2 is 1.93 bits per heavy atom. The second kappa shape index (κ2) is 3.45. The van der Waals surface area contributed by atoms with Gasteiger partial charge in [-0.1, -0.05) is 0 Å². The van der Waals surface area contributed by atoms with E-state index >= 15 is 0 Å². The molecule has 2 aliphatic heterocycles. The Morgan fingerprint density at radius 1 is 1.33 bits per heavy atom. The maximum atomic E-state index is 11.3. The van der Waals surface area contributed by atoms with Gasteiger partial charge in [0.2, 0.25) is 0 Å². The van der Waals surface area contributed by atoms with E-state index in [2.05, 4.69) is 0 Å². The lowest BCUT2D eigenvalue weighted by atomic mass is 9.83. The quantitative estimate of drug-likeness (QED) is 0.693. The van der Waals surface area contributed by atoms with Crippen molar-refractivity contribution < 1.29 is 23.1 Å². The molecule has 0 saturated carbocycles. The fourth-order valence-electron chi connectivity index (χ4n) is 2.47. The van der Waals surface area contributed by atoms with Crippen LogP contribution in [0.15, 0.2) is 0 Å². The van der Waals surface area contributed by atoms with Gasteiger partial charge in [0.15, 0.2) is 9.84 Å². The molecule has 2 heterocycles. The lowest BCUT2D eigenvalue weighted by Gasteiger charge is -2.35. The molecule has 0 aromatic carbocycles. The summed E-state index contributed by atoms with van der Waals surface area (Å²) in [6.45, 7) is 0.428. The smallest absolute Gasteiger partial charge is 0.309 e. The van der Waals surface area contributed by atoms with Crippen molar-refractivity contribution in [2.24, 2.45) is 5.92 Å². The summed E-state index contributed by atoms with van der Waals surface area (Å²) in [5, 5.41) is 9.03. The van der Waals surface area contributed by atoms with Gasteiger partial charge in [-0.25, -0.2) is 8.42 Å². The molecule has 1 spiro atoms. The van der Waals surface area contributed by atoms with Gasteiger partial charge in [-0.05, 0) is 19.3 Å². The zero-order valence-corrected chi connectivity index (χ0v) is 9.12. The Bertz CT molecular complexity index is 358. The third-order valence-corrected chi connectivity index (χ3v) is 5.05. The summed E-state index contributed by atoms with van der Waals surface area (Å²) < 4.78 is 28.0. The number of carboxylic acids is 1. The topological polar surface area (TPSA) is 80.7 Å². The first kappa shape index (κ1) is 10.9. The average molecular weight is 234 g/mol. The van der Waals surface area contributed by atoms with Crippen LogP contribution in [0.3, 0.4) is 0 Å². The molecule has 86 valence electrons. The zero-order valence-electron chi connectivity index (χ0n) is 8.31. The number of aliphatic carboxylic acids is 1. The molecule has 0 aromatic heterocycles. The first-order valence-electron chi connectivity index (χ1n) is 5.02. The van der Waals surface area contributed by atoms with Crippen molar-refractivity contribution in [3.05, 3.63) is 0 Å². The molecular weight excluding hydrogens is 220 g/mol. The van der Waals surface area contributed by atoms with Gasteiger partial charge in [0, 0.05) is 6.61 Å². The maximum Gasteiger partial charge on any atom is 0.309 e. The SMILES string of the molecule is O=C(O)C1CCOC12CCS(=O)(=O)CC2. The minimum atomic E-state index is -2.97. The van der Waals surface area contributed by atoms with Gasteiger partial charge >= 0.3 is 5.97 Å². The molecule has 2 saturated heterocycles. The fraction of sp³-hybridized carbons (Fsp3) is 0.889. The highest BCUT2D eigenvalue weighted by molar-refractivity contribution is 7.91. The van der Waals surface area contributed by atoms with Crippen molar-refractivity contribution in [1.29, 1.82) is 0 Å². The number of rotatable bonds is 1. The van der Waals surface area contributed by atoms with Gasteiger partial charge in [0.1, 0.15) is 0 Å². The minimum absolute atomic E-state index is 0.0524. The lowest BCUT2D eigenvalue weighted by Crippen LogP contribution is -2.46. The molecule has 0 bridgehead atoms. The van der Waals surface area contributed by atoms with E-state index in [0.29, 0.717) is 25.9 Å². The van der Waals surface area contributed by atoms with E-state index in [1.165, 1.54) is 0 Å². The van der Waals surface area contributed by atoms with Crippen LogP contribution in [-0.4, -0.2) is 43.2 Å². The molecule has 15 heavy (non-hydrogen) atoms. The molecule has 0 aliphatic carbocycles. The van der Waals surface area contributed by atoms with Crippen LogP contribution in [0.2, 0.25) is 0 Å². The number of sulfone groups is 1. The van der Waals surface area contributed by atoms with Crippen LogP contribution in [0.5, 0.6) is 0 Å². The molecule has 1 atom stereocenters. The van der Waals surface area contributed by atoms with Crippen molar-refractivity contribution in [1.82, 2.24) is 0 Å². The first-order valence-corrected chi connectivity index (χ1v) is 6.85. The Labute approximate surface area is 88.3 Å². The van der Waals surface area contributed by atoms with Crippen molar-refractivity contribution in [3.8, 4) is 0 Å². The molecule has 0 aromatic rings. The Balaban J connectivity index is 2.18. The van der Waals surface area contributed by atoms with Crippen molar-refractivity contribution in [3.63, 3.8) is 0 Å². The number of carboxylic acid groups (broad SMARTS) is 1. The summed E-state index contributed by atoms with van der Waals surface area (Å²) in [7, 11) is -2.97. The van der Waals surface area contributed by atoms with E-state index in [-0.39, 0.29) is 11.5 Å². The van der Waals surface area contributed by atoms with E-state index in [1.54, 1.807) is 0 Å². The summed E-state index contributed by atoms with van der Waals surface area (Å²) in [5.41, 5.74) is -0.711. The predicted octanol–water partition coefficient (Wildman–Crippen LogP) is 0.0549. The molecule has 2 fully saturated rings. The van der Waals surface area contributed by atoms with Crippen LogP contribution < -0.4 is 0 Å². The molecule has 0 amide bonds.